The number of nitrogens with one attached hydrogen (secondary N) is 1. The molecule has 0 unspecified atom stereocenters. The van der Waals surface area contributed by atoms with Gasteiger partial charge in [-0.2, -0.15) is 8.42 Å². The van der Waals surface area contributed by atoms with Gasteiger partial charge in [0.15, 0.2) is 5.03 Å². The molecule has 0 aliphatic heterocycles. The zero-order chi connectivity index (χ0) is 15.5. The van der Waals surface area contributed by atoms with Gasteiger partial charge in [-0.25, -0.2) is 4.98 Å². The summed E-state index contributed by atoms with van der Waals surface area (Å²) in [4.78, 5) is 3.99. The number of nitrogens with zero attached hydrogens (tertiary/aromatic N) is 2. The third-order valence-corrected chi connectivity index (χ3v) is 4.80. The Kier molecular flexibility index (Phi) is 4.32. The van der Waals surface area contributed by atoms with Crippen molar-refractivity contribution < 1.29 is 13.2 Å². The molecule has 1 heterocycles. The largest absolute Gasteiger partial charge is 0.495 e. The van der Waals surface area contributed by atoms with E-state index < -0.39 is 10.0 Å². The number of hydrogen-bond donors (Lipinski definition) is 1. The first kappa shape index (κ1) is 15.1. The van der Waals surface area contributed by atoms with E-state index in [0.717, 1.165) is 4.31 Å². The highest BCUT2D eigenvalue weighted by molar-refractivity contribution is 7.92. The number of methoxy groups -OCH3 is 1. The van der Waals surface area contributed by atoms with Gasteiger partial charge in [0.25, 0.3) is 10.0 Å². The molecular formula is C14H17N3O3S. The number of benzene rings is 1. The number of rotatable bonds is 5. The van der Waals surface area contributed by atoms with Gasteiger partial charge in [-0.1, -0.05) is 12.1 Å². The number of anilines is 2. The van der Waals surface area contributed by atoms with Crippen LogP contribution in [0.4, 0.5) is 11.4 Å². The third-order valence-electron chi connectivity index (χ3n) is 3.07. The molecule has 0 saturated carbocycles. The van der Waals surface area contributed by atoms with E-state index in [2.05, 4.69) is 10.3 Å². The molecule has 0 amide bonds. The van der Waals surface area contributed by atoms with Gasteiger partial charge < -0.3 is 10.1 Å². The molecule has 0 radical (unpaired) electrons. The van der Waals surface area contributed by atoms with Crippen molar-refractivity contribution in [3.05, 3.63) is 42.6 Å². The average molecular weight is 307 g/mol. The van der Waals surface area contributed by atoms with Crippen LogP contribution in [0.2, 0.25) is 0 Å². The summed E-state index contributed by atoms with van der Waals surface area (Å²) in [6.45, 7) is 0. The summed E-state index contributed by atoms with van der Waals surface area (Å²) in [5, 5.41) is 2.81. The van der Waals surface area contributed by atoms with Crippen LogP contribution in [0.3, 0.4) is 0 Å². The number of sulfonamides is 1. The quantitative estimate of drug-likeness (QED) is 0.914. The van der Waals surface area contributed by atoms with Crippen LogP contribution in [-0.4, -0.2) is 34.6 Å². The number of para-hydroxylation sites is 2. The summed E-state index contributed by atoms with van der Waals surface area (Å²) in [6, 6.07) is 10.3. The van der Waals surface area contributed by atoms with Crippen molar-refractivity contribution in [3.63, 3.8) is 0 Å². The predicted octanol–water partition coefficient (Wildman–Crippen LogP) is 1.96. The molecule has 1 N–H and O–H groups in total. The lowest BCUT2D eigenvalue weighted by molar-refractivity contribution is 0.416. The lowest BCUT2D eigenvalue weighted by atomic mass is 10.3. The van der Waals surface area contributed by atoms with Gasteiger partial charge in [-0.3, -0.25) is 4.31 Å². The Labute approximate surface area is 124 Å². The fraction of sp³-hybridized carbons (Fsp3) is 0.214. The highest BCUT2D eigenvalue weighted by Crippen LogP contribution is 2.31. The second kappa shape index (κ2) is 6.01. The highest BCUT2D eigenvalue weighted by Gasteiger charge is 2.27. The molecule has 0 bridgehead atoms. The van der Waals surface area contributed by atoms with Crippen molar-refractivity contribution in [1.82, 2.24) is 4.98 Å². The molecule has 0 spiro atoms. The summed E-state index contributed by atoms with van der Waals surface area (Å²) in [5.41, 5.74) is 0.895. The molecular weight excluding hydrogens is 290 g/mol. The van der Waals surface area contributed by atoms with Crippen LogP contribution in [0.1, 0.15) is 0 Å². The number of hydrogen-bond acceptors (Lipinski definition) is 5. The number of pyridine rings is 1. The Bertz CT molecular complexity index is 732. The smallest absolute Gasteiger partial charge is 0.283 e. The van der Waals surface area contributed by atoms with Crippen molar-refractivity contribution >= 4 is 21.4 Å². The lowest BCUT2D eigenvalue weighted by Crippen LogP contribution is -2.28. The molecule has 6 nitrogen and oxygen atoms in total. The van der Waals surface area contributed by atoms with Crippen LogP contribution < -0.4 is 14.4 Å². The molecule has 2 rings (SSSR count). The van der Waals surface area contributed by atoms with E-state index in [4.69, 9.17) is 4.74 Å². The van der Waals surface area contributed by atoms with Gasteiger partial charge >= 0.3 is 0 Å². The van der Waals surface area contributed by atoms with Gasteiger partial charge in [0, 0.05) is 20.3 Å². The summed E-state index contributed by atoms with van der Waals surface area (Å²) in [5.74, 6) is 0.477. The fourth-order valence-corrected chi connectivity index (χ4v) is 3.25. The second-order valence-corrected chi connectivity index (χ2v) is 6.14. The van der Waals surface area contributed by atoms with Crippen LogP contribution in [-0.2, 0) is 10.0 Å². The minimum Gasteiger partial charge on any atom is -0.495 e. The monoisotopic (exact) mass is 307 g/mol. The van der Waals surface area contributed by atoms with Crippen LogP contribution in [0.15, 0.2) is 47.6 Å². The van der Waals surface area contributed by atoms with Crippen molar-refractivity contribution in [2.75, 3.05) is 30.8 Å². The van der Waals surface area contributed by atoms with Crippen molar-refractivity contribution in [2.24, 2.45) is 0 Å². The minimum atomic E-state index is -3.79. The maximum Gasteiger partial charge on any atom is 0.283 e. The molecule has 0 saturated heterocycles. The highest BCUT2D eigenvalue weighted by atomic mass is 32.2. The molecule has 1 aromatic heterocycles. The van der Waals surface area contributed by atoms with E-state index in [0.29, 0.717) is 17.1 Å². The lowest BCUT2D eigenvalue weighted by Gasteiger charge is -2.22. The summed E-state index contributed by atoms with van der Waals surface area (Å²) in [6.07, 6.45) is 1.45. The van der Waals surface area contributed by atoms with Gasteiger partial charge in [-0.05, 0) is 24.3 Å². The van der Waals surface area contributed by atoms with Gasteiger partial charge in [0.05, 0.1) is 18.5 Å². The van der Waals surface area contributed by atoms with Crippen molar-refractivity contribution in [3.8, 4) is 5.75 Å². The molecule has 112 valence electrons. The maximum atomic E-state index is 12.7. The van der Waals surface area contributed by atoms with E-state index in [9.17, 15) is 8.42 Å². The van der Waals surface area contributed by atoms with E-state index in [1.54, 1.807) is 43.4 Å². The molecule has 0 fully saturated rings. The van der Waals surface area contributed by atoms with E-state index in [1.165, 1.54) is 20.4 Å². The van der Waals surface area contributed by atoms with Crippen LogP contribution in [0.25, 0.3) is 0 Å². The Balaban J connectivity index is 2.53. The second-order valence-electron chi connectivity index (χ2n) is 4.25. The first-order chi connectivity index (χ1) is 10.0. The number of ether oxygens (including phenoxy) is 1. The number of aromatic nitrogens is 1. The van der Waals surface area contributed by atoms with Crippen molar-refractivity contribution in [2.45, 2.75) is 5.03 Å². The van der Waals surface area contributed by atoms with Crippen molar-refractivity contribution in [1.29, 1.82) is 0 Å². The summed E-state index contributed by atoms with van der Waals surface area (Å²) >= 11 is 0. The Morgan fingerprint density at radius 1 is 1.19 bits per heavy atom. The molecule has 1 aromatic carbocycles. The standard InChI is InChI=1S/C14H17N3O3S/c1-15-11-7-6-10-16-14(11)21(18,19)17(2)12-8-4-5-9-13(12)20-3/h4-10,15H,1-3H3. The first-order valence-electron chi connectivity index (χ1n) is 6.27. The van der Waals surface area contributed by atoms with Gasteiger partial charge in [-0.15, -0.1) is 0 Å². The van der Waals surface area contributed by atoms with E-state index in [-0.39, 0.29) is 5.03 Å². The van der Waals surface area contributed by atoms with E-state index in [1.807, 2.05) is 0 Å². The average Bonchev–Trinajstić information content (AvgIpc) is 2.53. The minimum absolute atomic E-state index is 0.0269. The summed E-state index contributed by atoms with van der Waals surface area (Å²) in [7, 11) is 0.837. The normalized spacial score (nSPS) is 11.0. The van der Waals surface area contributed by atoms with Crippen LogP contribution in [0, 0.1) is 0 Å². The Morgan fingerprint density at radius 2 is 1.90 bits per heavy atom. The molecule has 0 atom stereocenters. The predicted molar refractivity (Wildman–Crippen MR) is 82.4 cm³/mol. The molecule has 0 aliphatic rings. The van der Waals surface area contributed by atoms with Gasteiger partial charge in [0.1, 0.15) is 5.75 Å². The Morgan fingerprint density at radius 3 is 2.57 bits per heavy atom. The third kappa shape index (κ3) is 2.78. The Hall–Kier alpha value is -2.28. The maximum absolute atomic E-state index is 12.7. The molecule has 7 heteroatoms. The zero-order valence-electron chi connectivity index (χ0n) is 12.1. The molecule has 21 heavy (non-hydrogen) atoms. The van der Waals surface area contributed by atoms with Crippen LogP contribution >= 0.6 is 0 Å². The van der Waals surface area contributed by atoms with E-state index >= 15 is 0 Å². The molecule has 2 aromatic rings. The fourth-order valence-electron chi connectivity index (χ4n) is 1.94. The molecule has 0 aliphatic carbocycles. The first-order valence-corrected chi connectivity index (χ1v) is 7.71. The topological polar surface area (TPSA) is 71.5 Å². The zero-order valence-corrected chi connectivity index (χ0v) is 12.9. The summed E-state index contributed by atoms with van der Waals surface area (Å²) < 4.78 is 31.9. The SMILES string of the molecule is CNc1cccnc1S(=O)(=O)N(C)c1ccccc1OC. The van der Waals surface area contributed by atoms with Crippen LogP contribution in [0.5, 0.6) is 5.75 Å². The van der Waals surface area contributed by atoms with Gasteiger partial charge in [0.2, 0.25) is 0 Å².